The van der Waals surface area contributed by atoms with Gasteiger partial charge in [0.25, 0.3) is 0 Å². The first-order valence-corrected chi connectivity index (χ1v) is 20.3. The van der Waals surface area contributed by atoms with E-state index in [1.54, 1.807) is 0 Å². The monoisotopic (exact) mass is 732 g/mol. The summed E-state index contributed by atoms with van der Waals surface area (Å²) < 4.78 is 1.94. The van der Waals surface area contributed by atoms with Crippen LogP contribution in [0, 0.1) is 0 Å². The van der Waals surface area contributed by atoms with Gasteiger partial charge in [-0.3, -0.25) is 9.59 Å². The molecule has 2 aromatic rings. The maximum absolute atomic E-state index is 12.7. The Hall–Kier alpha value is -2.12. The molecule has 2 unspecified atom stereocenters. The zero-order valence-electron chi connectivity index (χ0n) is 32.5. The molecule has 0 aliphatic carbocycles. The summed E-state index contributed by atoms with van der Waals surface area (Å²) in [7, 11) is 8.51. The van der Waals surface area contributed by atoms with Crippen LogP contribution in [0.15, 0.2) is 48.5 Å². The average molecular weight is 734 g/mol. The summed E-state index contributed by atoms with van der Waals surface area (Å²) >= 11 is 12.8. The first kappa shape index (κ1) is 44.0. The molecule has 0 aliphatic rings. The van der Waals surface area contributed by atoms with Crippen molar-refractivity contribution < 1.29 is 18.6 Å². The molecule has 2 amide bonds. The third-order valence-corrected chi connectivity index (χ3v) is 11.5. The van der Waals surface area contributed by atoms with Crippen LogP contribution in [0.2, 0.25) is 10.0 Å². The van der Waals surface area contributed by atoms with Crippen molar-refractivity contribution in [2.24, 2.45) is 0 Å². The molecule has 0 bridgehead atoms. The van der Waals surface area contributed by atoms with Crippen molar-refractivity contribution >= 4 is 35.0 Å². The predicted octanol–water partition coefficient (Wildman–Crippen LogP) is 10.0. The molecular weight excluding hydrogens is 663 g/mol. The van der Waals surface area contributed by atoms with Gasteiger partial charge in [0.1, 0.15) is 13.1 Å². The molecule has 8 heteroatoms. The minimum Gasteiger partial charge on any atom is -0.346 e. The Morgan fingerprint density at radius 3 is 1.24 bits per heavy atom. The van der Waals surface area contributed by atoms with Gasteiger partial charge in [-0.2, -0.15) is 0 Å². The third kappa shape index (κ3) is 17.4. The van der Waals surface area contributed by atoms with E-state index in [4.69, 9.17) is 23.2 Å². The Bertz CT molecular complexity index is 1160. The van der Waals surface area contributed by atoms with Gasteiger partial charge in [-0.05, 0) is 77.3 Å². The number of unbranched alkanes of at least 4 members (excludes halogenated alkanes) is 9. The highest BCUT2D eigenvalue weighted by molar-refractivity contribution is 6.31. The van der Waals surface area contributed by atoms with Crippen LogP contribution in [-0.4, -0.2) is 98.0 Å². The van der Waals surface area contributed by atoms with E-state index in [0.29, 0.717) is 12.8 Å². The molecule has 0 aromatic heterocycles. The first-order valence-electron chi connectivity index (χ1n) is 19.5. The first-order chi connectivity index (χ1) is 23.9. The fourth-order valence-electron chi connectivity index (χ4n) is 6.70. The highest BCUT2D eigenvalue weighted by atomic mass is 35.5. The number of rotatable bonds is 27. The van der Waals surface area contributed by atoms with Gasteiger partial charge in [-0.15, -0.1) is 0 Å². The van der Waals surface area contributed by atoms with E-state index in [9.17, 15) is 9.59 Å². The number of hydrogen-bond donors (Lipinski definition) is 0. The molecule has 2 rings (SSSR count). The second-order valence-electron chi connectivity index (χ2n) is 15.2. The van der Waals surface area contributed by atoms with Crippen molar-refractivity contribution in [3.05, 3.63) is 69.7 Å². The second kappa shape index (κ2) is 24.2. The van der Waals surface area contributed by atoms with Gasteiger partial charge >= 0.3 is 0 Å². The quantitative estimate of drug-likeness (QED) is 0.0678. The lowest BCUT2D eigenvalue weighted by Gasteiger charge is -2.34. The van der Waals surface area contributed by atoms with Crippen LogP contribution in [0.1, 0.15) is 115 Å². The van der Waals surface area contributed by atoms with Crippen LogP contribution in [0.25, 0.3) is 0 Å². The molecular formula is C42H70Cl2N4O2+2. The smallest absolute Gasteiger partial charge is 0.222 e. The number of nitrogens with zero attached hydrogens (tertiary/aromatic N) is 4. The maximum Gasteiger partial charge on any atom is 0.222 e. The van der Waals surface area contributed by atoms with Crippen LogP contribution in [-0.2, 0) is 22.7 Å². The Morgan fingerprint density at radius 1 is 0.540 bits per heavy atom. The van der Waals surface area contributed by atoms with Crippen molar-refractivity contribution in [3.63, 3.8) is 0 Å². The van der Waals surface area contributed by atoms with Crippen molar-refractivity contribution in [3.8, 4) is 0 Å². The highest BCUT2D eigenvalue weighted by Gasteiger charge is 2.22. The predicted molar refractivity (Wildman–Crippen MR) is 213 cm³/mol. The van der Waals surface area contributed by atoms with Crippen molar-refractivity contribution in [1.29, 1.82) is 0 Å². The topological polar surface area (TPSA) is 40.6 Å². The van der Waals surface area contributed by atoms with E-state index >= 15 is 0 Å². The standard InChI is InChI=1S/C42H70Cl2N4O2/c1-7-47(5,35-37-25-17-19-27-39(37)43)33-23-13-15-29-41(49)45(3)31-21-11-9-10-12-22-32-46(4)42(50)30-16-14-24-34-48(6,8-2)36-38-26-18-20-28-40(38)44/h17-20,25-28H,7-16,21-24,29-36H2,1-6H3/q+2. The lowest BCUT2D eigenvalue weighted by Crippen LogP contribution is -2.43. The highest BCUT2D eigenvalue weighted by Crippen LogP contribution is 2.22. The van der Waals surface area contributed by atoms with E-state index in [1.165, 1.54) is 24.0 Å². The summed E-state index contributed by atoms with van der Waals surface area (Å²) in [5, 5.41) is 1.70. The molecule has 0 radical (unpaired) electrons. The Balaban J connectivity index is 1.46. The molecule has 0 aliphatic heterocycles. The number of benzene rings is 2. The number of halogens is 2. The Morgan fingerprint density at radius 2 is 0.880 bits per heavy atom. The summed E-state index contributed by atoms with van der Waals surface area (Å²) in [6.07, 6.45) is 14.4. The fourth-order valence-corrected chi connectivity index (χ4v) is 7.09. The number of amides is 2. The largest absolute Gasteiger partial charge is 0.346 e. The van der Waals surface area contributed by atoms with E-state index < -0.39 is 0 Å². The van der Waals surface area contributed by atoms with E-state index in [1.807, 2.05) is 48.2 Å². The van der Waals surface area contributed by atoms with Gasteiger partial charge in [0.2, 0.25) is 11.8 Å². The van der Waals surface area contributed by atoms with Crippen LogP contribution in [0.4, 0.5) is 0 Å². The molecule has 0 fully saturated rings. The van der Waals surface area contributed by atoms with Crippen molar-refractivity contribution in [2.75, 3.05) is 67.5 Å². The number of carbonyl (C=O) groups is 2. The maximum atomic E-state index is 12.7. The zero-order valence-corrected chi connectivity index (χ0v) is 34.0. The number of carbonyl (C=O) groups excluding carboxylic acids is 2. The van der Waals surface area contributed by atoms with Gasteiger partial charge in [0, 0.05) is 61.2 Å². The number of quaternary nitrogens is 2. The molecule has 0 saturated carbocycles. The van der Waals surface area contributed by atoms with E-state index in [0.717, 1.165) is 136 Å². The minimum atomic E-state index is 0.272. The summed E-state index contributed by atoms with van der Waals surface area (Å²) in [4.78, 5) is 29.2. The van der Waals surface area contributed by atoms with Crippen molar-refractivity contribution in [1.82, 2.24) is 9.80 Å². The molecule has 6 nitrogen and oxygen atoms in total. The molecule has 0 saturated heterocycles. The molecule has 0 spiro atoms. The zero-order chi connectivity index (χ0) is 36.8. The van der Waals surface area contributed by atoms with Crippen molar-refractivity contribution in [2.45, 2.75) is 117 Å². The van der Waals surface area contributed by atoms with Gasteiger partial charge in [-0.1, -0.05) is 85.3 Å². The minimum absolute atomic E-state index is 0.272. The molecule has 50 heavy (non-hydrogen) atoms. The summed E-state index contributed by atoms with van der Waals surface area (Å²) in [5.74, 6) is 0.544. The SMILES string of the molecule is CC[N+](C)(CCCCCC(=O)N(C)CCCCCCCCN(C)C(=O)CCCCC[N+](C)(CC)Cc1ccccc1Cl)Cc1ccccc1Cl. The summed E-state index contributed by atoms with van der Waals surface area (Å²) in [6, 6.07) is 16.3. The second-order valence-corrected chi connectivity index (χ2v) is 16.0. The molecule has 0 heterocycles. The Labute approximate surface area is 316 Å². The summed E-state index contributed by atoms with van der Waals surface area (Å²) in [5.41, 5.74) is 2.42. The average Bonchev–Trinajstić information content (AvgIpc) is 3.10. The lowest BCUT2D eigenvalue weighted by atomic mass is 10.1. The van der Waals surface area contributed by atoms with Gasteiger partial charge < -0.3 is 18.8 Å². The number of hydrogen-bond acceptors (Lipinski definition) is 2. The third-order valence-electron chi connectivity index (χ3n) is 10.8. The van der Waals surface area contributed by atoms with Crippen LogP contribution in [0.5, 0.6) is 0 Å². The normalized spacial score (nSPS) is 13.8. The summed E-state index contributed by atoms with van der Waals surface area (Å²) in [6.45, 7) is 12.4. The van der Waals surface area contributed by atoms with Crippen LogP contribution >= 0.6 is 23.2 Å². The molecule has 0 N–H and O–H groups in total. The fraction of sp³-hybridized carbons (Fsp3) is 0.667. The van der Waals surface area contributed by atoms with E-state index in [-0.39, 0.29) is 11.8 Å². The molecule has 2 atom stereocenters. The lowest BCUT2D eigenvalue weighted by molar-refractivity contribution is -0.921. The molecule has 282 valence electrons. The van der Waals surface area contributed by atoms with Crippen LogP contribution < -0.4 is 0 Å². The molecule has 2 aromatic carbocycles. The van der Waals surface area contributed by atoms with Gasteiger partial charge in [0.05, 0.1) is 40.3 Å². The Kier molecular flexibility index (Phi) is 21.3. The van der Waals surface area contributed by atoms with Gasteiger partial charge in [0.15, 0.2) is 0 Å². The van der Waals surface area contributed by atoms with Crippen LogP contribution in [0.3, 0.4) is 0 Å². The van der Waals surface area contributed by atoms with Gasteiger partial charge in [-0.25, -0.2) is 0 Å². The van der Waals surface area contributed by atoms with E-state index in [2.05, 4.69) is 52.2 Å².